The summed E-state index contributed by atoms with van der Waals surface area (Å²) in [6.45, 7) is 0. The van der Waals surface area contributed by atoms with E-state index in [1.54, 1.807) is 30.7 Å². The average Bonchev–Trinajstić information content (AvgIpc) is 2.71. The maximum Gasteiger partial charge on any atom is 0.171 e. The first-order chi connectivity index (χ1) is 7.27. The van der Waals surface area contributed by atoms with Gasteiger partial charge in [0.25, 0.3) is 0 Å². The van der Waals surface area contributed by atoms with Crippen LogP contribution in [0.2, 0.25) is 0 Å². The fourth-order valence-corrected chi connectivity index (χ4v) is 1.90. The molecule has 0 unspecified atom stereocenters. The molecule has 5 nitrogen and oxygen atoms in total. The predicted molar refractivity (Wildman–Crippen MR) is 58.0 cm³/mol. The number of pyridine rings is 1. The van der Waals surface area contributed by atoms with E-state index in [0.717, 1.165) is 5.16 Å². The molecular weight excluding hydrogens is 210 g/mol. The van der Waals surface area contributed by atoms with E-state index < -0.39 is 0 Å². The van der Waals surface area contributed by atoms with E-state index in [-0.39, 0.29) is 5.84 Å². The summed E-state index contributed by atoms with van der Waals surface area (Å²) in [5.74, 6) is 0.0113. The number of hydrogen-bond acceptors (Lipinski definition) is 4. The molecule has 0 aromatic carbocycles. The molecule has 15 heavy (non-hydrogen) atoms. The van der Waals surface area contributed by atoms with E-state index in [1.165, 1.54) is 11.8 Å². The van der Waals surface area contributed by atoms with Crippen LogP contribution in [0.1, 0.15) is 5.56 Å². The summed E-state index contributed by atoms with van der Waals surface area (Å²) < 4.78 is 0. The number of nitrogen functional groups attached to an aromatic ring is 1. The Bertz CT molecular complexity index is 465. The van der Waals surface area contributed by atoms with Gasteiger partial charge in [0.15, 0.2) is 5.16 Å². The Kier molecular flexibility index (Phi) is 2.68. The van der Waals surface area contributed by atoms with Crippen molar-refractivity contribution in [3.8, 4) is 0 Å². The molecule has 0 fully saturated rings. The van der Waals surface area contributed by atoms with Crippen LogP contribution in [0.3, 0.4) is 0 Å². The number of amidine groups is 1. The number of aromatic amines is 1. The van der Waals surface area contributed by atoms with E-state index in [1.807, 2.05) is 0 Å². The van der Waals surface area contributed by atoms with E-state index in [0.29, 0.717) is 10.6 Å². The van der Waals surface area contributed by atoms with Gasteiger partial charge in [-0.15, -0.1) is 0 Å². The van der Waals surface area contributed by atoms with Gasteiger partial charge in [-0.3, -0.25) is 5.41 Å². The van der Waals surface area contributed by atoms with Gasteiger partial charge >= 0.3 is 0 Å². The molecule has 2 aromatic heterocycles. The lowest BCUT2D eigenvalue weighted by Gasteiger charge is -2.03. The maximum atomic E-state index is 7.40. The van der Waals surface area contributed by atoms with Crippen LogP contribution in [0.5, 0.6) is 0 Å². The van der Waals surface area contributed by atoms with Crippen LogP contribution < -0.4 is 5.73 Å². The van der Waals surface area contributed by atoms with E-state index >= 15 is 0 Å². The maximum absolute atomic E-state index is 7.40. The Morgan fingerprint density at radius 2 is 2.27 bits per heavy atom. The van der Waals surface area contributed by atoms with Crippen molar-refractivity contribution >= 4 is 17.6 Å². The number of nitrogens with zero attached hydrogens (tertiary/aromatic N) is 2. The summed E-state index contributed by atoms with van der Waals surface area (Å²) in [5, 5.41) is 8.81. The zero-order valence-corrected chi connectivity index (χ0v) is 8.58. The zero-order valence-electron chi connectivity index (χ0n) is 7.77. The summed E-state index contributed by atoms with van der Waals surface area (Å²) in [6.07, 6.45) is 5.06. The Labute approximate surface area is 90.7 Å². The molecule has 2 heterocycles. The normalized spacial score (nSPS) is 10.1. The van der Waals surface area contributed by atoms with Crippen molar-refractivity contribution in [3.05, 3.63) is 36.3 Å². The number of H-pyrrole nitrogens is 1. The molecule has 2 rings (SSSR count). The zero-order chi connectivity index (χ0) is 10.7. The fraction of sp³-hybridized carbons (Fsp3) is 0. The Morgan fingerprint density at radius 3 is 2.93 bits per heavy atom. The summed E-state index contributed by atoms with van der Waals surface area (Å²) in [4.78, 5) is 11.2. The van der Waals surface area contributed by atoms with Crippen LogP contribution in [0.15, 0.2) is 40.9 Å². The van der Waals surface area contributed by atoms with Crippen LogP contribution in [0, 0.1) is 5.41 Å². The predicted octanol–water partition coefficient (Wildman–Crippen LogP) is 1.24. The molecule has 0 saturated carbocycles. The van der Waals surface area contributed by atoms with Crippen LogP contribution in [-0.2, 0) is 0 Å². The lowest BCUT2D eigenvalue weighted by atomic mass is 10.3. The molecule has 6 heteroatoms. The highest BCUT2D eigenvalue weighted by Gasteiger charge is 2.08. The number of nitrogens with two attached hydrogens (primary N) is 1. The van der Waals surface area contributed by atoms with E-state index in [9.17, 15) is 0 Å². The molecule has 4 N–H and O–H groups in total. The molecule has 0 amide bonds. The van der Waals surface area contributed by atoms with Crippen LogP contribution in [-0.4, -0.2) is 20.8 Å². The fourth-order valence-electron chi connectivity index (χ4n) is 1.08. The number of imidazole rings is 1. The van der Waals surface area contributed by atoms with Gasteiger partial charge in [-0.05, 0) is 23.9 Å². The summed E-state index contributed by atoms with van der Waals surface area (Å²) in [6, 6.07) is 3.52. The van der Waals surface area contributed by atoms with Gasteiger partial charge in [-0.1, -0.05) is 0 Å². The highest BCUT2D eigenvalue weighted by Crippen LogP contribution is 2.24. The van der Waals surface area contributed by atoms with Gasteiger partial charge < -0.3 is 10.7 Å². The molecule has 0 bridgehead atoms. The molecule has 0 aliphatic heterocycles. The largest absolute Gasteiger partial charge is 0.384 e. The average molecular weight is 219 g/mol. The second kappa shape index (κ2) is 4.14. The summed E-state index contributed by atoms with van der Waals surface area (Å²) >= 11 is 1.35. The number of nitrogens with one attached hydrogen (secondary N) is 2. The van der Waals surface area contributed by atoms with Gasteiger partial charge in [0.05, 0.1) is 0 Å². The minimum Gasteiger partial charge on any atom is -0.384 e. The highest BCUT2D eigenvalue weighted by molar-refractivity contribution is 7.99. The molecular formula is C9H9N5S. The third kappa shape index (κ3) is 2.16. The number of hydrogen-bond donors (Lipinski definition) is 3. The van der Waals surface area contributed by atoms with Crippen LogP contribution in [0.4, 0.5) is 0 Å². The summed E-state index contributed by atoms with van der Waals surface area (Å²) in [5.41, 5.74) is 6.07. The molecule has 0 radical (unpaired) electrons. The van der Waals surface area contributed by atoms with Gasteiger partial charge in [0.1, 0.15) is 10.9 Å². The third-order valence-corrected chi connectivity index (χ3v) is 2.66. The van der Waals surface area contributed by atoms with Crippen LogP contribution >= 0.6 is 11.8 Å². The van der Waals surface area contributed by atoms with Crippen molar-refractivity contribution in [2.45, 2.75) is 10.2 Å². The molecule has 0 aliphatic carbocycles. The van der Waals surface area contributed by atoms with Gasteiger partial charge in [-0.2, -0.15) is 0 Å². The minimum atomic E-state index is 0.0113. The first-order valence-corrected chi connectivity index (χ1v) is 5.05. The third-order valence-electron chi connectivity index (χ3n) is 1.73. The summed E-state index contributed by atoms with van der Waals surface area (Å²) in [7, 11) is 0. The topological polar surface area (TPSA) is 91.4 Å². The Morgan fingerprint density at radius 1 is 1.40 bits per heavy atom. The van der Waals surface area contributed by atoms with Crippen molar-refractivity contribution in [3.63, 3.8) is 0 Å². The smallest absolute Gasteiger partial charge is 0.171 e. The number of aromatic nitrogens is 3. The van der Waals surface area contributed by atoms with Gasteiger partial charge in [0.2, 0.25) is 0 Å². The monoisotopic (exact) mass is 219 g/mol. The quantitative estimate of drug-likeness (QED) is 0.535. The molecule has 0 aliphatic rings. The van der Waals surface area contributed by atoms with Gasteiger partial charge in [-0.25, -0.2) is 9.97 Å². The van der Waals surface area contributed by atoms with E-state index in [4.69, 9.17) is 11.1 Å². The molecule has 0 spiro atoms. The lowest BCUT2D eigenvalue weighted by Crippen LogP contribution is -2.12. The standard InChI is InChI=1S/C9H9N5S/c10-7(11)6-2-1-3-12-8(6)15-9-13-4-5-14-9/h1-5H,(H3,10,11)(H,13,14). The highest BCUT2D eigenvalue weighted by atomic mass is 32.2. The van der Waals surface area contributed by atoms with Crippen molar-refractivity contribution in [1.29, 1.82) is 5.41 Å². The van der Waals surface area contributed by atoms with Crippen LogP contribution in [0.25, 0.3) is 0 Å². The Balaban J connectivity index is 2.32. The van der Waals surface area contributed by atoms with Gasteiger partial charge in [0, 0.05) is 24.2 Å². The molecule has 0 saturated heterocycles. The van der Waals surface area contributed by atoms with E-state index in [2.05, 4.69) is 15.0 Å². The first-order valence-electron chi connectivity index (χ1n) is 4.24. The second-order valence-electron chi connectivity index (χ2n) is 2.77. The van der Waals surface area contributed by atoms with Crippen molar-refractivity contribution in [2.24, 2.45) is 5.73 Å². The number of rotatable bonds is 3. The molecule has 2 aromatic rings. The van der Waals surface area contributed by atoms with Crippen molar-refractivity contribution in [1.82, 2.24) is 15.0 Å². The minimum absolute atomic E-state index is 0.0113. The first kappa shape index (κ1) is 9.72. The van der Waals surface area contributed by atoms with Crippen molar-refractivity contribution < 1.29 is 0 Å². The lowest BCUT2D eigenvalue weighted by molar-refractivity contribution is 1.03. The molecule has 0 atom stereocenters. The van der Waals surface area contributed by atoms with Crippen molar-refractivity contribution in [2.75, 3.05) is 0 Å². The second-order valence-corrected chi connectivity index (χ2v) is 3.74. The SMILES string of the molecule is N=C(N)c1cccnc1Sc1ncc[nH]1. The molecule has 76 valence electrons. The Hall–Kier alpha value is -1.82.